The summed E-state index contributed by atoms with van der Waals surface area (Å²) in [5.74, 6) is 1.48. The first-order valence-corrected chi connectivity index (χ1v) is 9.97. The van der Waals surface area contributed by atoms with Crippen LogP contribution in [0, 0.1) is 0 Å². The van der Waals surface area contributed by atoms with E-state index in [0.29, 0.717) is 46.7 Å². The zero-order chi connectivity index (χ0) is 21.2. The third kappa shape index (κ3) is 3.57. The van der Waals surface area contributed by atoms with Gasteiger partial charge in [-0.15, -0.1) is 0 Å². The molecule has 2 aromatic carbocycles. The molecule has 3 aromatic heterocycles. The summed E-state index contributed by atoms with van der Waals surface area (Å²) in [7, 11) is 0. The molecule has 5 rings (SSSR count). The lowest BCUT2D eigenvalue weighted by atomic mass is 10.2. The van der Waals surface area contributed by atoms with E-state index in [2.05, 4.69) is 25.3 Å². The van der Waals surface area contributed by atoms with Crippen molar-refractivity contribution in [2.75, 3.05) is 17.6 Å². The number of nitrogens with one attached hydrogen (secondary N) is 2. The standard InChI is InChI=1S/C22H20N8O/c23-22-28-19(18-20(29-22)26-13-25-18)24-12-6-11-17-27-16-10-5-4-9-15(16)21(31)30(17)14-7-2-1-3-8-14/h1-5,7-10,13H,6,11-12H2,(H4,23,24,25,26,28,29). The SMILES string of the molecule is Nc1nc(NCCCc2nc3ccccc3c(=O)n2-c2ccccc2)c2[nH]cnc2n1. The molecule has 31 heavy (non-hydrogen) atoms. The Labute approximate surface area is 177 Å². The van der Waals surface area contributed by atoms with E-state index >= 15 is 0 Å². The third-order valence-electron chi connectivity index (χ3n) is 5.03. The van der Waals surface area contributed by atoms with Gasteiger partial charge in [-0.1, -0.05) is 30.3 Å². The van der Waals surface area contributed by atoms with Gasteiger partial charge >= 0.3 is 0 Å². The van der Waals surface area contributed by atoms with Crippen LogP contribution in [0.3, 0.4) is 0 Å². The normalized spacial score (nSPS) is 11.2. The largest absolute Gasteiger partial charge is 0.368 e. The van der Waals surface area contributed by atoms with Gasteiger partial charge in [0.15, 0.2) is 11.5 Å². The number of rotatable bonds is 6. The Balaban J connectivity index is 1.42. The molecule has 9 heteroatoms. The molecule has 0 aliphatic carbocycles. The summed E-state index contributed by atoms with van der Waals surface area (Å²) >= 11 is 0. The lowest BCUT2D eigenvalue weighted by Crippen LogP contribution is -2.24. The Bertz CT molecular complexity index is 1420. The molecule has 9 nitrogen and oxygen atoms in total. The van der Waals surface area contributed by atoms with Crippen LogP contribution in [0.1, 0.15) is 12.2 Å². The van der Waals surface area contributed by atoms with Crippen LogP contribution in [-0.4, -0.2) is 36.0 Å². The van der Waals surface area contributed by atoms with Gasteiger partial charge in [0.25, 0.3) is 5.56 Å². The molecule has 0 spiro atoms. The summed E-state index contributed by atoms with van der Waals surface area (Å²) in [6, 6.07) is 17.0. The fourth-order valence-corrected chi connectivity index (χ4v) is 3.62. The molecular weight excluding hydrogens is 392 g/mol. The molecule has 0 atom stereocenters. The summed E-state index contributed by atoms with van der Waals surface area (Å²) in [6.07, 6.45) is 2.90. The van der Waals surface area contributed by atoms with Crippen LogP contribution in [0.2, 0.25) is 0 Å². The van der Waals surface area contributed by atoms with E-state index in [4.69, 9.17) is 10.7 Å². The summed E-state index contributed by atoms with van der Waals surface area (Å²) in [6.45, 7) is 0.613. The highest BCUT2D eigenvalue weighted by Crippen LogP contribution is 2.18. The molecule has 0 saturated heterocycles. The van der Waals surface area contributed by atoms with Gasteiger partial charge in [0.1, 0.15) is 11.3 Å². The predicted molar refractivity (Wildman–Crippen MR) is 120 cm³/mol. The third-order valence-corrected chi connectivity index (χ3v) is 5.03. The second kappa shape index (κ2) is 7.86. The summed E-state index contributed by atoms with van der Waals surface area (Å²) in [5.41, 5.74) is 8.43. The first-order chi connectivity index (χ1) is 15.2. The van der Waals surface area contributed by atoms with Gasteiger partial charge in [0, 0.05) is 13.0 Å². The van der Waals surface area contributed by atoms with Crippen molar-refractivity contribution in [3.63, 3.8) is 0 Å². The van der Waals surface area contributed by atoms with Crippen LogP contribution in [0.15, 0.2) is 65.7 Å². The number of hydrogen-bond donors (Lipinski definition) is 3. The number of aromatic nitrogens is 6. The second-order valence-corrected chi connectivity index (χ2v) is 7.08. The first kappa shape index (κ1) is 18.7. The summed E-state index contributed by atoms with van der Waals surface area (Å²) < 4.78 is 1.69. The Hall–Kier alpha value is -4.27. The number of imidazole rings is 1. The van der Waals surface area contributed by atoms with Crippen LogP contribution in [0.25, 0.3) is 27.8 Å². The summed E-state index contributed by atoms with van der Waals surface area (Å²) in [5, 5.41) is 3.88. The fraction of sp³-hybridized carbons (Fsp3) is 0.136. The number of H-pyrrole nitrogens is 1. The van der Waals surface area contributed by atoms with Gasteiger partial charge < -0.3 is 16.0 Å². The molecule has 0 amide bonds. The number of nitrogens with two attached hydrogens (primary N) is 1. The number of nitrogens with zero attached hydrogens (tertiary/aromatic N) is 5. The van der Waals surface area contributed by atoms with E-state index in [0.717, 1.165) is 12.1 Å². The fourth-order valence-electron chi connectivity index (χ4n) is 3.62. The van der Waals surface area contributed by atoms with Gasteiger partial charge in [-0.2, -0.15) is 9.97 Å². The van der Waals surface area contributed by atoms with Gasteiger partial charge in [0.05, 0.1) is 22.9 Å². The Morgan fingerprint density at radius 2 is 1.81 bits per heavy atom. The Morgan fingerprint density at radius 3 is 2.68 bits per heavy atom. The average molecular weight is 412 g/mol. The van der Waals surface area contributed by atoms with E-state index in [1.54, 1.807) is 10.9 Å². The smallest absolute Gasteiger partial charge is 0.265 e. The van der Waals surface area contributed by atoms with Crippen molar-refractivity contribution in [3.05, 3.63) is 77.1 Å². The number of para-hydroxylation sites is 2. The molecule has 0 fully saturated rings. The predicted octanol–water partition coefficient (Wildman–Crippen LogP) is 2.68. The molecule has 0 aliphatic rings. The van der Waals surface area contributed by atoms with E-state index in [-0.39, 0.29) is 11.5 Å². The number of hydrogen-bond acceptors (Lipinski definition) is 7. The molecule has 4 N–H and O–H groups in total. The highest BCUT2D eigenvalue weighted by molar-refractivity contribution is 5.83. The Morgan fingerprint density at radius 1 is 1.00 bits per heavy atom. The van der Waals surface area contributed by atoms with Gasteiger partial charge in [0.2, 0.25) is 5.95 Å². The van der Waals surface area contributed by atoms with Crippen LogP contribution in [0.4, 0.5) is 11.8 Å². The van der Waals surface area contributed by atoms with Crippen molar-refractivity contribution >= 4 is 33.8 Å². The maximum absolute atomic E-state index is 13.2. The maximum atomic E-state index is 13.2. The van der Waals surface area contributed by atoms with E-state index < -0.39 is 0 Å². The lowest BCUT2D eigenvalue weighted by molar-refractivity contribution is 0.753. The molecule has 0 unspecified atom stereocenters. The zero-order valence-corrected chi connectivity index (χ0v) is 16.6. The molecule has 5 aromatic rings. The highest BCUT2D eigenvalue weighted by Gasteiger charge is 2.13. The minimum absolute atomic E-state index is 0.0671. The van der Waals surface area contributed by atoms with Crippen LogP contribution >= 0.6 is 0 Å². The number of aryl methyl sites for hydroxylation is 1. The minimum atomic E-state index is -0.0671. The number of nitrogen functional groups attached to an aromatic ring is 1. The van der Waals surface area contributed by atoms with Crippen molar-refractivity contribution in [1.82, 2.24) is 29.5 Å². The number of fused-ring (bicyclic) bond motifs is 2. The average Bonchev–Trinajstić information content (AvgIpc) is 3.26. The van der Waals surface area contributed by atoms with Crippen LogP contribution < -0.4 is 16.6 Å². The number of aromatic amines is 1. The Kier molecular flexibility index (Phi) is 4.75. The van der Waals surface area contributed by atoms with Gasteiger partial charge in [-0.05, 0) is 30.7 Å². The zero-order valence-electron chi connectivity index (χ0n) is 16.6. The maximum Gasteiger partial charge on any atom is 0.265 e. The van der Waals surface area contributed by atoms with Crippen molar-refractivity contribution in [2.24, 2.45) is 0 Å². The van der Waals surface area contributed by atoms with Crippen molar-refractivity contribution in [3.8, 4) is 5.69 Å². The topological polar surface area (TPSA) is 127 Å². The molecule has 0 bridgehead atoms. The molecule has 3 heterocycles. The number of benzene rings is 2. The van der Waals surface area contributed by atoms with Crippen LogP contribution in [-0.2, 0) is 6.42 Å². The van der Waals surface area contributed by atoms with Crippen LogP contribution in [0.5, 0.6) is 0 Å². The molecular formula is C22H20N8O. The van der Waals surface area contributed by atoms with E-state index in [1.807, 2.05) is 54.6 Å². The van der Waals surface area contributed by atoms with Gasteiger partial charge in [-0.25, -0.2) is 9.97 Å². The quantitative estimate of drug-likeness (QED) is 0.366. The van der Waals surface area contributed by atoms with E-state index in [1.165, 1.54) is 0 Å². The lowest BCUT2D eigenvalue weighted by Gasteiger charge is -2.14. The molecule has 0 saturated carbocycles. The minimum Gasteiger partial charge on any atom is -0.368 e. The monoisotopic (exact) mass is 412 g/mol. The summed E-state index contributed by atoms with van der Waals surface area (Å²) in [4.78, 5) is 33.5. The first-order valence-electron chi connectivity index (χ1n) is 9.97. The molecule has 0 radical (unpaired) electrons. The van der Waals surface area contributed by atoms with Gasteiger partial charge in [-0.3, -0.25) is 9.36 Å². The highest BCUT2D eigenvalue weighted by atomic mass is 16.1. The molecule has 0 aliphatic heterocycles. The van der Waals surface area contributed by atoms with Crippen molar-refractivity contribution in [2.45, 2.75) is 12.8 Å². The van der Waals surface area contributed by atoms with E-state index in [9.17, 15) is 4.79 Å². The second-order valence-electron chi connectivity index (χ2n) is 7.08. The molecule has 154 valence electrons. The van der Waals surface area contributed by atoms with Crippen molar-refractivity contribution < 1.29 is 0 Å². The number of anilines is 2. The van der Waals surface area contributed by atoms with Crippen molar-refractivity contribution in [1.29, 1.82) is 0 Å².